The predicted molar refractivity (Wildman–Crippen MR) is 83.8 cm³/mol. The van der Waals surface area contributed by atoms with E-state index in [0.717, 1.165) is 42.2 Å². The van der Waals surface area contributed by atoms with Crippen LogP contribution in [0.2, 0.25) is 0 Å². The number of hydrogen-bond acceptors (Lipinski definition) is 5. The van der Waals surface area contributed by atoms with E-state index in [0.29, 0.717) is 17.9 Å². The molecule has 0 aliphatic heterocycles. The average Bonchev–Trinajstić information content (AvgIpc) is 3.47. The second kappa shape index (κ2) is 5.20. The van der Waals surface area contributed by atoms with Crippen LogP contribution < -0.4 is 0 Å². The van der Waals surface area contributed by atoms with Crippen LogP contribution in [0.25, 0.3) is 0 Å². The summed E-state index contributed by atoms with van der Waals surface area (Å²) in [6.45, 7) is 3.86. The van der Waals surface area contributed by atoms with Gasteiger partial charge in [0.2, 0.25) is 5.89 Å². The van der Waals surface area contributed by atoms with E-state index < -0.39 is 0 Å². The molecule has 3 saturated carbocycles. The molecule has 5 heteroatoms. The molecule has 23 heavy (non-hydrogen) atoms. The summed E-state index contributed by atoms with van der Waals surface area (Å²) in [4.78, 5) is 6.99. The van der Waals surface area contributed by atoms with Crippen LogP contribution in [-0.4, -0.2) is 21.1 Å². The smallest absolute Gasteiger partial charge is 0.240 e. The van der Waals surface area contributed by atoms with Gasteiger partial charge in [-0.2, -0.15) is 4.98 Å². The van der Waals surface area contributed by atoms with Crippen molar-refractivity contribution in [2.24, 2.45) is 5.92 Å². The van der Waals surface area contributed by atoms with Crippen molar-refractivity contribution in [1.82, 2.24) is 15.0 Å². The minimum Gasteiger partial charge on any atom is -0.464 e. The van der Waals surface area contributed by atoms with Crippen molar-refractivity contribution in [3.8, 4) is 0 Å². The maximum atomic E-state index is 6.07. The van der Waals surface area contributed by atoms with E-state index in [2.05, 4.69) is 34.1 Å². The summed E-state index contributed by atoms with van der Waals surface area (Å²) >= 11 is 0. The predicted octanol–water partition coefficient (Wildman–Crippen LogP) is 3.83. The number of nitrogens with zero attached hydrogens (tertiary/aromatic N) is 3. The quantitative estimate of drug-likeness (QED) is 0.777. The monoisotopic (exact) mass is 313 g/mol. The van der Waals surface area contributed by atoms with E-state index in [9.17, 15) is 0 Å². The average molecular weight is 313 g/mol. The molecule has 0 saturated heterocycles. The first-order valence-electron chi connectivity index (χ1n) is 8.91. The third-order valence-electron chi connectivity index (χ3n) is 5.34. The van der Waals surface area contributed by atoms with Gasteiger partial charge in [-0.1, -0.05) is 12.1 Å². The van der Waals surface area contributed by atoms with Crippen molar-refractivity contribution in [2.45, 2.75) is 70.0 Å². The summed E-state index contributed by atoms with van der Waals surface area (Å²) in [6.07, 6.45) is 6.21. The molecule has 0 aromatic carbocycles. The number of furan rings is 1. The summed E-state index contributed by atoms with van der Waals surface area (Å²) < 4.78 is 11.5. The highest BCUT2D eigenvalue weighted by molar-refractivity contribution is 5.18. The zero-order valence-electron chi connectivity index (χ0n) is 13.6. The van der Waals surface area contributed by atoms with Crippen molar-refractivity contribution in [2.75, 3.05) is 0 Å². The van der Waals surface area contributed by atoms with Gasteiger partial charge in [0.25, 0.3) is 0 Å². The zero-order valence-corrected chi connectivity index (χ0v) is 13.6. The fourth-order valence-corrected chi connectivity index (χ4v) is 3.36. The highest BCUT2D eigenvalue weighted by atomic mass is 16.5. The molecule has 3 fully saturated rings. The molecule has 3 aliphatic carbocycles. The number of hydrogen-bond donors (Lipinski definition) is 0. The van der Waals surface area contributed by atoms with E-state index >= 15 is 0 Å². The standard InChI is InChI=1S/C18H23N3O2/c1-11-8-15(11)16-7-6-14(22-16)9-21(13-4-5-13)10-17-19-18(20-23-17)12-2-3-12/h6-7,11-13,15H,2-5,8-10H2,1H3/t11-,15-/m1/s1. The molecule has 2 aromatic rings. The lowest BCUT2D eigenvalue weighted by molar-refractivity contribution is 0.194. The Morgan fingerprint density at radius 3 is 2.70 bits per heavy atom. The molecule has 0 unspecified atom stereocenters. The maximum Gasteiger partial charge on any atom is 0.240 e. The Hall–Kier alpha value is -1.62. The fraction of sp³-hybridized carbons (Fsp3) is 0.667. The molecule has 5 rings (SSSR count). The van der Waals surface area contributed by atoms with Crippen LogP contribution in [0.1, 0.15) is 74.1 Å². The maximum absolute atomic E-state index is 6.07. The Balaban J connectivity index is 1.26. The van der Waals surface area contributed by atoms with Gasteiger partial charge in [-0.05, 0) is 50.2 Å². The molecule has 0 N–H and O–H groups in total. The molecule has 0 radical (unpaired) electrons. The Morgan fingerprint density at radius 1 is 1.17 bits per heavy atom. The normalized spacial score (nSPS) is 26.9. The molecular formula is C18H23N3O2. The summed E-state index contributed by atoms with van der Waals surface area (Å²) in [7, 11) is 0. The highest BCUT2D eigenvalue weighted by Gasteiger charge is 2.37. The van der Waals surface area contributed by atoms with Crippen molar-refractivity contribution in [3.05, 3.63) is 35.4 Å². The number of aromatic nitrogens is 2. The minimum absolute atomic E-state index is 0.551. The third-order valence-corrected chi connectivity index (χ3v) is 5.34. The zero-order chi connectivity index (χ0) is 15.4. The minimum atomic E-state index is 0.551. The lowest BCUT2D eigenvalue weighted by atomic mass is 10.3. The van der Waals surface area contributed by atoms with Gasteiger partial charge in [0, 0.05) is 17.9 Å². The van der Waals surface area contributed by atoms with Crippen LogP contribution in [0.5, 0.6) is 0 Å². The van der Waals surface area contributed by atoms with Gasteiger partial charge < -0.3 is 8.94 Å². The summed E-state index contributed by atoms with van der Waals surface area (Å²) in [6, 6.07) is 4.94. The van der Waals surface area contributed by atoms with Gasteiger partial charge >= 0.3 is 0 Å². The lowest BCUT2D eigenvalue weighted by Crippen LogP contribution is -2.25. The molecule has 0 bridgehead atoms. The molecule has 0 spiro atoms. The Bertz CT molecular complexity index is 699. The van der Waals surface area contributed by atoms with Gasteiger partial charge in [0.05, 0.1) is 13.1 Å². The lowest BCUT2D eigenvalue weighted by Gasteiger charge is -2.18. The van der Waals surface area contributed by atoms with Crippen LogP contribution >= 0.6 is 0 Å². The van der Waals surface area contributed by atoms with Crippen LogP contribution in [0, 0.1) is 5.92 Å². The molecule has 0 amide bonds. The topological polar surface area (TPSA) is 55.3 Å². The van der Waals surface area contributed by atoms with E-state index in [1.54, 1.807) is 0 Å². The van der Waals surface area contributed by atoms with Crippen LogP contribution in [0.15, 0.2) is 21.1 Å². The van der Waals surface area contributed by atoms with Crippen molar-refractivity contribution >= 4 is 0 Å². The van der Waals surface area contributed by atoms with Crippen LogP contribution in [0.4, 0.5) is 0 Å². The van der Waals surface area contributed by atoms with E-state index in [-0.39, 0.29) is 0 Å². The van der Waals surface area contributed by atoms with Gasteiger partial charge in [-0.15, -0.1) is 0 Å². The summed E-state index contributed by atoms with van der Waals surface area (Å²) in [5.41, 5.74) is 0. The fourth-order valence-electron chi connectivity index (χ4n) is 3.36. The van der Waals surface area contributed by atoms with Gasteiger partial charge in [0.1, 0.15) is 11.5 Å². The first-order chi connectivity index (χ1) is 11.3. The Morgan fingerprint density at radius 2 is 2.00 bits per heavy atom. The Kier molecular flexibility index (Phi) is 3.11. The van der Waals surface area contributed by atoms with E-state index in [1.165, 1.54) is 32.1 Å². The van der Waals surface area contributed by atoms with Crippen molar-refractivity contribution in [1.29, 1.82) is 0 Å². The molecule has 2 aromatic heterocycles. The first-order valence-corrected chi connectivity index (χ1v) is 8.91. The van der Waals surface area contributed by atoms with Gasteiger partial charge in [-0.25, -0.2) is 0 Å². The molecule has 5 nitrogen and oxygen atoms in total. The second-order valence-electron chi connectivity index (χ2n) is 7.58. The third kappa shape index (κ3) is 2.94. The molecule has 2 atom stereocenters. The summed E-state index contributed by atoms with van der Waals surface area (Å²) in [5.74, 6) is 5.86. The Labute approximate surface area is 136 Å². The van der Waals surface area contributed by atoms with E-state index in [4.69, 9.17) is 8.94 Å². The summed E-state index contributed by atoms with van der Waals surface area (Å²) in [5, 5.41) is 4.13. The highest BCUT2D eigenvalue weighted by Crippen LogP contribution is 2.47. The van der Waals surface area contributed by atoms with Crippen molar-refractivity contribution in [3.63, 3.8) is 0 Å². The first kappa shape index (κ1) is 13.8. The molecule has 3 aliphatic rings. The van der Waals surface area contributed by atoms with E-state index in [1.807, 2.05) is 0 Å². The van der Waals surface area contributed by atoms with Crippen LogP contribution in [0.3, 0.4) is 0 Å². The number of rotatable bonds is 7. The molecule has 122 valence electrons. The van der Waals surface area contributed by atoms with Crippen molar-refractivity contribution < 1.29 is 8.94 Å². The van der Waals surface area contributed by atoms with Gasteiger partial charge in [-0.3, -0.25) is 4.90 Å². The molecular weight excluding hydrogens is 290 g/mol. The van der Waals surface area contributed by atoms with Crippen LogP contribution in [-0.2, 0) is 13.1 Å². The SMILES string of the molecule is C[C@@H]1C[C@H]1c1ccc(CN(Cc2nc(C3CC3)no2)C2CC2)o1. The second-order valence-corrected chi connectivity index (χ2v) is 7.58. The largest absolute Gasteiger partial charge is 0.464 e. The molecule has 2 heterocycles. The van der Waals surface area contributed by atoms with Gasteiger partial charge in [0.15, 0.2) is 5.82 Å².